The van der Waals surface area contributed by atoms with E-state index in [0.717, 1.165) is 25.2 Å². The molecular formula is C21H29N2O+. The van der Waals surface area contributed by atoms with Gasteiger partial charge in [0.25, 0.3) is 5.91 Å². The molecule has 0 N–H and O–H groups in total. The predicted octanol–water partition coefficient (Wildman–Crippen LogP) is 3.80. The Morgan fingerprint density at radius 2 is 1.67 bits per heavy atom. The minimum Gasteiger partial charge on any atom is -0.339 e. The fourth-order valence-electron chi connectivity index (χ4n) is 2.76. The lowest BCUT2D eigenvalue weighted by Crippen LogP contribution is -2.37. The van der Waals surface area contributed by atoms with Crippen LogP contribution in [0.5, 0.6) is 0 Å². The summed E-state index contributed by atoms with van der Waals surface area (Å²) in [4.78, 5) is 14.3. The molecule has 1 aromatic heterocycles. The molecule has 24 heavy (non-hydrogen) atoms. The van der Waals surface area contributed by atoms with Gasteiger partial charge in [-0.05, 0) is 30.9 Å². The Kier molecular flexibility index (Phi) is 5.76. The third kappa shape index (κ3) is 4.44. The molecule has 0 saturated carbocycles. The lowest BCUT2D eigenvalue weighted by Gasteiger charge is -2.19. The lowest BCUT2D eigenvalue weighted by molar-refractivity contribution is -0.688. The highest BCUT2D eigenvalue weighted by Crippen LogP contribution is 2.22. The van der Waals surface area contributed by atoms with E-state index in [0.29, 0.717) is 0 Å². The van der Waals surface area contributed by atoms with Crippen LogP contribution in [-0.2, 0) is 12.0 Å². The fraction of sp³-hybridized carbons (Fsp3) is 0.429. The van der Waals surface area contributed by atoms with Crippen molar-refractivity contribution in [1.29, 1.82) is 0 Å². The van der Waals surface area contributed by atoms with Crippen molar-refractivity contribution in [3.8, 4) is 0 Å². The molecule has 0 spiro atoms. The smallest absolute Gasteiger partial charge is 0.259 e. The number of nitrogens with zero attached hydrogens (tertiary/aromatic N) is 2. The summed E-state index contributed by atoms with van der Waals surface area (Å²) in [5, 5.41) is 0. The molecule has 3 nitrogen and oxygen atoms in total. The normalized spacial score (nSPS) is 11.4. The Labute approximate surface area is 145 Å². The van der Waals surface area contributed by atoms with E-state index in [1.807, 2.05) is 43.3 Å². The lowest BCUT2D eigenvalue weighted by atomic mass is 9.87. The average Bonchev–Trinajstić information content (AvgIpc) is 2.56. The molecule has 0 atom stereocenters. The molecule has 0 aliphatic heterocycles. The Balaban J connectivity index is 2.16. The van der Waals surface area contributed by atoms with Crippen LogP contribution < -0.4 is 4.57 Å². The number of benzene rings is 1. The second-order valence-electron chi connectivity index (χ2n) is 7.19. The minimum absolute atomic E-state index is 0.0948. The number of hydrogen-bond acceptors (Lipinski definition) is 1. The van der Waals surface area contributed by atoms with E-state index in [1.54, 1.807) is 0 Å². The van der Waals surface area contributed by atoms with Crippen molar-refractivity contribution in [3.05, 3.63) is 65.5 Å². The van der Waals surface area contributed by atoms with E-state index in [1.165, 1.54) is 11.1 Å². The van der Waals surface area contributed by atoms with Gasteiger partial charge >= 0.3 is 0 Å². The molecule has 1 aromatic carbocycles. The fourth-order valence-corrected chi connectivity index (χ4v) is 2.76. The quantitative estimate of drug-likeness (QED) is 0.767. The van der Waals surface area contributed by atoms with Gasteiger partial charge in [-0.2, -0.15) is 4.57 Å². The summed E-state index contributed by atoms with van der Waals surface area (Å²) in [5.74, 6) is 0.0948. The first-order chi connectivity index (χ1) is 11.3. The summed E-state index contributed by atoms with van der Waals surface area (Å²) in [5.41, 5.74) is 3.48. The number of hydrogen-bond donors (Lipinski definition) is 0. The van der Waals surface area contributed by atoms with Gasteiger partial charge in [-0.3, -0.25) is 4.79 Å². The van der Waals surface area contributed by atoms with Gasteiger partial charge in [0.1, 0.15) is 5.56 Å². The van der Waals surface area contributed by atoms with Crippen molar-refractivity contribution in [2.75, 3.05) is 13.1 Å². The second kappa shape index (κ2) is 7.61. The maximum Gasteiger partial charge on any atom is 0.259 e. The molecule has 128 valence electrons. The first-order valence-electron chi connectivity index (χ1n) is 8.73. The third-order valence-corrected chi connectivity index (χ3v) is 4.34. The molecule has 0 unspecified atom stereocenters. The van der Waals surface area contributed by atoms with Crippen molar-refractivity contribution in [2.45, 2.75) is 46.6 Å². The molecule has 0 fully saturated rings. The van der Waals surface area contributed by atoms with E-state index in [-0.39, 0.29) is 11.3 Å². The number of aromatic nitrogens is 1. The van der Waals surface area contributed by atoms with Gasteiger partial charge in [0, 0.05) is 24.7 Å². The average molecular weight is 325 g/mol. The van der Waals surface area contributed by atoms with Gasteiger partial charge in [0.15, 0.2) is 18.9 Å². The first-order valence-corrected chi connectivity index (χ1v) is 8.73. The highest BCUT2D eigenvalue weighted by atomic mass is 16.2. The van der Waals surface area contributed by atoms with E-state index in [4.69, 9.17) is 0 Å². The van der Waals surface area contributed by atoms with Crippen molar-refractivity contribution in [1.82, 2.24) is 4.90 Å². The monoisotopic (exact) mass is 325 g/mol. The number of pyridine rings is 1. The molecule has 0 aliphatic carbocycles. The van der Waals surface area contributed by atoms with Gasteiger partial charge < -0.3 is 4.90 Å². The highest BCUT2D eigenvalue weighted by Gasteiger charge is 2.16. The summed E-state index contributed by atoms with van der Waals surface area (Å²) >= 11 is 0. The first kappa shape index (κ1) is 18.2. The second-order valence-corrected chi connectivity index (χ2v) is 7.19. The maximum atomic E-state index is 12.5. The van der Waals surface area contributed by atoms with Crippen molar-refractivity contribution < 1.29 is 9.36 Å². The van der Waals surface area contributed by atoms with Crippen molar-refractivity contribution in [3.63, 3.8) is 0 Å². The van der Waals surface area contributed by atoms with E-state index < -0.39 is 0 Å². The van der Waals surface area contributed by atoms with Gasteiger partial charge in [0.2, 0.25) is 0 Å². The number of carbonyl (C=O) groups is 1. The minimum atomic E-state index is 0.0948. The Morgan fingerprint density at radius 3 is 2.21 bits per heavy atom. The van der Waals surface area contributed by atoms with Gasteiger partial charge in [-0.15, -0.1) is 0 Å². The maximum absolute atomic E-state index is 12.5. The van der Waals surface area contributed by atoms with E-state index in [2.05, 4.69) is 49.6 Å². The number of carbonyl (C=O) groups excluding carboxylic acids is 1. The highest BCUT2D eigenvalue weighted by molar-refractivity contribution is 5.93. The van der Waals surface area contributed by atoms with Crippen LogP contribution in [-0.4, -0.2) is 23.9 Å². The van der Waals surface area contributed by atoms with Crippen molar-refractivity contribution in [2.24, 2.45) is 0 Å². The molecule has 0 radical (unpaired) electrons. The molecule has 2 aromatic rings. The van der Waals surface area contributed by atoms with Crippen molar-refractivity contribution >= 4 is 5.91 Å². The van der Waals surface area contributed by atoms with Crippen LogP contribution in [0, 0.1) is 0 Å². The van der Waals surface area contributed by atoms with Gasteiger partial charge in [-0.1, -0.05) is 45.0 Å². The number of rotatable bonds is 5. The Hall–Kier alpha value is -2.16. The topological polar surface area (TPSA) is 24.2 Å². The molecule has 2 rings (SSSR count). The van der Waals surface area contributed by atoms with Gasteiger partial charge in [0.05, 0.1) is 0 Å². The summed E-state index contributed by atoms with van der Waals surface area (Å²) in [6.45, 7) is 12.9. The van der Waals surface area contributed by atoms with E-state index in [9.17, 15) is 4.79 Å². The third-order valence-electron chi connectivity index (χ3n) is 4.34. The van der Waals surface area contributed by atoms with Crippen LogP contribution in [0.25, 0.3) is 0 Å². The Morgan fingerprint density at radius 1 is 1.04 bits per heavy atom. The zero-order valence-corrected chi connectivity index (χ0v) is 15.5. The predicted molar refractivity (Wildman–Crippen MR) is 98.1 cm³/mol. The summed E-state index contributed by atoms with van der Waals surface area (Å²) in [6, 6.07) is 12.6. The molecule has 1 heterocycles. The van der Waals surface area contributed by atoms with Crippen LogP contribution in [0.2, 0.25) is 0 Å². The SMILES string of the molecule is CCN(CC)C(=O)c1ccc[n+](Cc2ccc(C(C)(C)C)cc2)c1. The zero-order chi connectivity index (χ0) is 17.7. The van der Waals surface area contributed by atoms with Crippen LogP contribution in [0.1, 0.15) is 56.1 Å². The Bertz CT molecular complexity index is 680. The van der Waals surface area contributed by atoms with Crippen LogP contribution >= 0.6 is 0 Å². The molecule has 3 heteroatoms. The molecule has 0 aliphatic rings. The summed E-state index contributed by atoms with van der Waals surface area (Å²) in [6.07, 6.45) is 3.95. The van der Waals surface area contributed by atoms with Crippen LogP contribution in [0.4, 0.5) is 0 Å². The standard InChI is InChI=1S/C21H29N2O/c1-6-23(7-2)20(24)18-9-8-14-22(16-18)15-17-10-12-19(13-11-17)21(3,4)5/h8-14,16H,6-7,15H2,1-5H3/q+1. The molecule has 0 saturated heterocycles. The number of amides is 1. The molecule has 1 amide bonds. The summed E-state index contributed by atoms with van der Waals surface area (Å²) in [7, 11) is 0. The largest absolute Gasteiger partial charge is 0.339 e. The van der Waals surface area contributed by atoms with E-state index >= 15 is 0 Å². The molecular weight excluding hydrogens is 296 g/mol. The van der Waals surface area contributed by atoms with Crippen LogP contribution in [0.3, 0.4) is 0 Å². The summed E-state index contributed by atoms with van der Waals surface area (Å²) < 4.78 is 2.07. The van der Waals surface area contributed by atoms with Crippen LogP contribution in [0.15, 0.2) is 48.8 Å². The molecule has 0 bridgehead atoms. The zero-order valence-electron chi connectivity index (χ0n) is 15.5. The van der Waals surface area contributed by atoms with Gasteiger partial charge in [-0.25, -0.2) is 0 Å².